The van der Waals surface area contributed by atoms with Crippen molar-refractivity contribution in [3.63, 3.8) is 0 Å². The van der Waals surface area contributed by atoms with E-state index in [-0.39, 0.29) is 21.6 Å². The zero-order valence-corrected chi connectivity index (χ0v) is 18.8. The number of hydrogen-bond donors (Lipinski definition) is 2. The molecule has 1 aliphatic heterocycles. The number of carbonyl (C=O) groups is 1. The SMILES string of the molecule is CC1CCN(c2ccc(NS(=O)(=O)c3ccc(C(C)(C)C)cc3)cc2C(=O)O)CC1. The zero-order chi connectivity index (χ0) is 22.1. The predicted molar refractivity (Wildman–Crippen MR) is 120 cm³/mol. The highest BCUT2D eigenvalue weighted by Crippen LogP contribution is 2.30. The number of piperidine rings is 1. The third kappa shape index (κ3) is 4.95. The van der Waals surface area contributed by atoms with Crippen LogP contribution in [0.1, 0.15) is 56.5 Å². The number of rotatable bonds is 5. The van der Waals surface area contributed by atoms with E-state index in [0.29, 0.717) is 11.6 Å². The average Bonchev–Trinajstić information content (AvgIpc) is 2.68. The van der Waals surface area contributed by atoms with Crippen molar-refractivity contribution >= 4 is 27.4 Å². The van der Waals surface area contributed by atoms with E-state index in [0.717, 1.165) is 31.5 Å². The van der Waals surface area contributed by atoms with Gasteiger partial charge in [0.1, 0.15) is 0 Å². The summed E-state index contributed by atoms with van der Waals surface area (Å²) >= 11 is 0. The molecule has 0 atom stereocenters. The minimum atomic E-state index is -3.82. The van der Waals surface area contributed by atoms with E-state index in [9.17, 15) is 18.3 Å². The van der Waals surface area contributed by atoms with Crippen LogP contribution in [0, 0.1) is 5.92 Å². The molecule has 30 heavy (non-hydrogen) atoms. The second-order valence-electron chi connectivity index (χ2n) is 9.09. The summed E-state index contributed by atoms with van der Waals surface area (Å²) in [6.45, 7) is 9.98. The Bertz CT molecular complexity index is 1020. The minimum Gasteiger partial charge on any atom is -0.478 e. The number of nitrogens with zero attached hydrogens (tertiary/aromatic N) is 1. The number of nitrogens with one attached hydrogen (secondary N) is 1. The van der Waals surface area contributed by atoms with Crippen LogP contribution in [0.15, 0.2) is 47.4 Å². The lowest BCUT2D eigenvalue weighted by Crippen LogP contribution is -2.33. The lowest BCUT2D eigenvalue weighted by Gasteiger charge is -2.33. The molecule has 1 fully saturated rings. The minimum absolute atomic E-state index is 0.0752. The standard InChI is InChI=1S/C23H30N2O4S/c1-16-11-13-25(14-12-16)21-10-7-18(15-20(21)22(26)27)24-30(28,29)19-8-5-17(6-9-19)23(2,3)4/h5-10,15-16,24H,11-14H2,1-4H3,(H,26,27). The Balaban J connectivity index is 1.85. The predicted octanol–water partition coefficient (Wildman–Crippen LogP) is 4.72. The maximum atomic E-state index is 12.8. The van der Waals surface area contributed by atoms with Crippen molar-refractivity contribution in [3.05, 3.63) is 53.6 Å². The number of hydrogen-bond acceptors (Lipinski definition) is 4. The second-order valence-corrected chi connectivity index (χ2v) is 10.8. The fourth-order valence-electron chi connectivity index (χ4n) is 3.64. The molecule has 0 saturated carbocycles. The molecule has 162 valence electrons. The summed E-state index contributed by atoms with van der Waals surface area (Å²) in [5.74, 6) is -0.440. The molecule has 2 N–H and O–H groups in total. The maximum Gasteiger partial charge on any atom is 0.337 e. The van der Waals surface area contributed by atoms with E-state index in [1.807, 2.05) is 0 Å². The Kier molecular flexibility index (Phi) is 6.13. The van der Waals surface area contributed by atoms with Crippen LogP contribution >= 0.6 is 0 Å². The van der Waals surface area contributed by atoms with Crippen molar-refractivity contribution in [2.45, 2.75) is 50.8 Å². The van der Waals surface area contributed by atoms with Crippen LogP contribution in [0.25, 0.3) is 0 Å². The quantitative estimate of drug-likeness (QED) is 0.717. The first kappa shape index (κ1) is 22.2. The fraction of sp³-hybridized carbons (Fsp3) is 0.435. The van der Waals surface area contributed by atoms with Gasteiger partial charge in [0, 0.05) is 18.8 Å². The van der Waals surface area contributed by atoms with Crippen LogP contribution in [0.2, 0.25) is 0 Å². The van der Waals surface area contributed by atoms with Gasteiger partial charge in [-0.1, -0.05) is 39.8 Å². The third-order valence-corrected chi connectivity index (χ3v) is 7.03. The molecular weight excluding hydrogens is 400 g/mol. The largest absolute Gasteiger partial charge is 0.478 e. The summed E-state index contributed by atoms with van der Waals surface area (Å²) in [5.41, 5.74) is 1.93. The number of anilines is 2. The van der Waals surface area contributed by atoms with Crippen LogP contribution in [-0.2, 0) is 15.4 Å². The molecule has 0 aliphatic carbocycles. The van der Waals surface area contributed by atoms with Gasteiger partial charge in [0.25, 0.3) is 10.0 Å². The molecule has 3 rings (SSSR count). The lowest BCUT2D eigenvalue weighted by atomic mass is 9.87. The van der Waals surface area contributed by atoms with E-state index in [1.165, 1.54) is 6.07 Å². The molecular formula is C23H30N2O4S. The summed E-state index contributed by atoms with van der Waals surface area (Å²) in [7, 11) is -3.82. The number of aromatic carboxylic acids is 1. The maximum absolute atomic E-state index is 12.8. The first-order chi connectivity index (χ1) is 14.0. The molecule has 0 amide bonds. The summed E-state index contributed by atoms with van der Waals surface area (Å²) in [6.07, 6.45) is 2.02. The Morgan fingerprint density at radius 2 is 1.67 bits per heavy atom. The smallest absolute Gasteiger partial charge is 0.337 e. The van der Waals surface area contributed by atoms with E-state index in [4.69, 9.17) is 0 Å². The van der Waals surface area contributed by atoms with Crippen molar-refractivity contribution in [2.24, 2.45) is 5.92 Å². The average molecular weight is 431 g/mol. The van der Waals surface area contributed by atoms with Crippen LogP contribution in [0.4, 0.5) is 11.4 Å². The molecule has 0 aromatic heterocycles. The molecule has 0 unspecified atom stereocenters. The van der Waals surface area contributed by atoms with Crippen LogP contribution < -0.4 is 9.62 Å². The van der Waals surface area contributed by atoms with Gasteiger partial charge in [-0.15, -0.1) is 0 Å². The van der Waals surface area contributed by atoms with Gasteiger partial charge in [0.05, 0.1) is 16.1 Å². The molecule has 0 radical (unpaired) electrons. The van der Waals surface area contributed by atoms with Gasteiger partial charge in [-0.2, -0.15) is 0 Å². The molecule has 2 aromatic rings. The van der Waals surface area contributed by atoms with Gasteiger partial charge in [-0.25, -0.2) is 13.2 Å². The Morgan fingerprint density at radius 1 is 1.07 bits per heavy atom. The van der Waals surface area contributed by atoms with Crippen LogP contribution in [-0.4, -0.2) is 32.6 Å². The first-order valence-electron chi connectivity index (χ1n) is 10.2. The summed E-state index contributed by atoms with van der Waals surface area (Å²) < 4.78 is 28.1. The monoisotopic (exact) mass is 430 g/mol. The van der Waals surface area contributed by atoms with E-state index < -0.39 is 16.0 Å². The van der Waals surface area contributed by atoms with Crippen molar-refractivity contribution < 1.29 is 18.3 Å². The highest BCUT2D eigenvalue weighted by molar-refractivity contribution is 7.92. The van der Waals surface area contributed by atoms with E-state index >= 15 is 0 Å². The molecule has 0 bridgehead atoms. The number of carboxylic acids is 1. The van der Waals surface area contributed by atoms with Crippen LogP contribution in [0.5, 0.6) is 0 Å². The van der Waals surface area contributed by atoms with Crippen molar-refractivity contribution in [2.75, 3.05) is 22.7 Å². The normalized spacial score (nSPS) is 15.8. The van der Waals surface area contributed by atoms with Gasteiger partial charge >= 0.3 is 5.97 Å². The van der Waals surface area contributed by atoms with Gasteiger partial charge in [0.15, 0.2) is 0 Å². The van der Waals surface area contributed by atoms with Crippen molar-refractivity contribution in [1.29, 1.82) is 0 Å². The highest BCUT2D eigenvalue weighted by atomic mass is 32.2. The third-order valence-electron chi connectivity index (χ3n) is 5.63. The Morgan fingerprint density at radius 3 is 2.20 bits per heavy atom. The highest BCUT2D eigenvalue weighted by Gasteiger charge is 2.23. The number of sulfonamides is 1. The topological polar surface area (TPSA) is 86.7 Å². The molecule has 1 saturated heterocycles. The second kappa shape index (κ2) is 8.30. The van der Waals surface area contributed by atoms with Gasteiger partial charge in [-0.05, 0) is 60.1 Å². The van der Waals surface area contributed by atoms with Gasteiger partial charge < -0.3 is 10.0 Å². The molecule has 0 spiro atoms. The zero-order valence-electron chi connectivity index (χ0n) is 18.0. The van der Waals surface area contributed by atoms with Gasteiger partial charge in [0.2, 0.25) is 0 Å². The summed E-state index contributed by atoms with van der Waals surface area (Å²) in [5, 5.41) is 9.69. The lowest BCUT2D eigenvalue weighted by molar-refractivity contribution is 0.0697. The van der Waals surface area contributed by atoms with Crippen LogP contribution in [0.3, 0.4) is 0 Å². The summed E-state index contributed by atoms with van der Waals surface area (Å²) in [4.78, 5) is 14.0. The Hall–Kier alpha value is -2.54. The molecule has 2 aromatic carbocycles. The van der Waals surface area contributed by atoms with Crippen molar-refractivity contribution in [3.8, 4) is 0 Å². The first-order valence-corrected chi connectivity index (χ1v) is 11.7. The molecule has 1 aliphatic rings. The molecule has 1 heterocycles. The summed E-state index contributed by atoms with van der Waals surface area (Å²) in [6, 6.07) is 11.5. The molecule has 7 heteroatoms. The van der Waals surface area contributed by atoms with Gasteiger partial charge in [-0.3, -0.25) is 4.72 Å². The van der Waals surface area contributed by atoms with Crippen molar-refractivity contribution in [1.82, 2.24) is 0 Å². The van der Waals surface area contributed by atoms with E-state index in [2.05, 4.69) is 37.3 Å². The number of carboxylic acid groups (broad SMARTS) is 1. The molecule has 6 nitrogen and oxygen atoms in total. The number of benzene rings is 2. The fourth-order valence-corrected chi connectivity index (χ4v) is 4.69. The Labute approximate surface area is 179 Å². The van der Waals surface area contributed by atoms with E-state index in [1.54, 1.807) is 36.4 Å².